The quantitative estimate of drug-likeness (QED) is 0.168. The third kappa shape index (κ3) is 3.75. The number of benzene rings is 3. The number of ether oxygens (including phenoxy) is 1. The van der Waals surface area contributed by atoms with Crippen molar-refractivity contribution in [2.75, 3.05) is 6.61 Å². The third-order valence-corrected chi connectivity index (χ3v) is 6.81. The van der Waals surface area contributed by atoms with E-state index in [1.54, 1.807) is 6.92 Å². The van der Waals surface area contributed by atoms with E-state index in [0.29, 0.717) is 12.0 Å². The minimum absolute atomic E-state index is 0.0857. The summed E-state index contributed by atoms with van der Waals surface area (Å²) in [5, 5.41) is 4.79. The molecule has 0 bridgehead atoms. The Hall–Kier alpha value is -4.32. The first kappa shape index (κ1) is 23.4. The van der Waals surface area contributed by atoms with E-state index >= 15 is 0 Å². The number of fused-ring (bicyclic) bond motifs is 1. The molecule has 0 aliphatic heterocycles. The van der Waals surface area contributed by atoms with Gasteiger partial charge in [0.25, 0.3) is 5.78 Å². The molecule has 36 heavy (non-hydrogen) atoms. The summed E-state index contributed by atoms with van der Waals surface area (Å²) in [7, 11) is 0. The van der Waals surface area contributed by atoms with Crippen molar-refractivity contribution in [1.82, 2.24) is 9.78 Å². The lowest BCUT2D eigenvalue weighted by Gasteiger charge is -2.38. The van der Waals surface area contributed by atoms with Crippen molar-refractivity contribution in [2.45, 2.75) is 25.3 Å². The maximum Gasteiger partial charge on any atom is 0.375 e. The van der Waals surface area contributed by atoms with Crippen molar-refractivity contribution in [3.63, 3.8) is 0 Å². The van der Waals surface area contributed by atoms with Crippen LogP contribution in [0.2, 0.25) is 0 Å². The molecular weight excluding hydrogens is 452 g/mol. The first-order valence-electron chi connectivity index (χ1n) is 12.1. The van der Waals surface area contributed by atoms with E-state index in [1.165, 1.54) is 6.20 Å². The highest BCUT2D eigenvalue weighted by Gasteiger charge is 2.45. The number of aromatic nitrogens is 2. The zero-order valence-electron chi connectivity index (χ0n) is 20.0. The van der Waals surface area contributed by atoms with Crippen LogP contribution < -0.4 is 0 Å². The Morgan fingerprint density at radius 1 is 0.889 bits per heavy atom. The molecule has 6 nitrogen and oxygen atoms in total. The van der Waals surface area contributed by atoms with Gasteiger partial charge in [0, 0.05) is 0 Å². The molecule has 180 valence electrons. The zero-order valence-corrected chi connectivity index (χ0v) is 20.0. The maximum atomic E-state index is 13.4. The van der Waals surface area contributed by atoms with Crippen molar-refractivity contribution in [2.24, 2.45) is 5.92 Å². The molecule has 1 unspecified atom stereocenters. The van der Waals surface area contributed by atoms with Gasteiger partial charge in [0.2, 0.25) is 0 Å². The molecule has 0 fully saturated rings. The molecule has 0 amide bonds. The molecule has 0 spiro atoms. The van der Waals surface area contributed by atoms with E-state index in [2.05, 4.69) is 36.4 Å². The highest BCUT2D eigenvalue weighted by Crippen LogP contribution is 2.43. The lowest BCUT2D eigenvalue weighted by Crippen LogP contribution is -2.41. The Morgan fingerprint density at radius 3 is 1.86 bits per heavy atom. The van der Waals surface area contributed by atoms with Crippen molar-refractivity contribution < 1.29 is 19.1 Å². The lowest BCUT2D eigenvalue weighted by atomic mass is 9.76. The zero-order chi connectivity index (χ0) is 25.1. The van der Waals surface area contributed by atoms with Gasteiger partial charge in [-0.05, 0) is 36.5 Å². The summed E-state index contributed by atoms with van der Waals surface area (Å²) in [5.74, 6) is -3.18. The predicted octanol–water partition coefficient (Wildman–Crippen LogP) is 4.60. The van der Waals surface area contributed by atoms with Crippen LogP contribution in [0.25, 0.3) is 0 Å². The standard InChI is InChI=1S/C30H26N2O4/c1-2-36-29(35)28(34)24-18-19-26-25(27(24)33)20-31-32(26)30(21-12-6-3-7-13-21,22-14-8-4-9-15-22)23-16-10-5-11-17-23/h3-17,20,24H,2,18-19H2,1H3. The molecule has 3 aromatic carbocycles. The molecule has 0 saturated carbocycles. The van der Waals surface area contributed by atoms with Crippen LogP contribution in [-0.2, 0) is 26.3 Å². The van der Waals surface area contributed by atoms with Crippen molar-refractivity contribution in [3.05, 3.63) is 125 Å². The molecule has 1 atom stereocenters. The number of carbonyl (C=O) groups excluding carboxylic acids is 3. The van der Waals surface area contributed by atoms with E-state index in [1.807, 2.05) is 59.3 Å². The van der Waals surface area contributed by atoms with E-state index in [9.17, 15) is 14.4 Å². The Bertz CT molecular complexity index is 1300. The summed E-state index contributed by atoms with van der Waals surface area (Å²) in [6, 6.07) is 30.2. The number of Topliss-reactive ketones (excluding diaryl/α,β-unsaturated/α-hetero) is 2. The van der Waals surface area contributed by atoms with Gasteiger partial charge in [-0.1, -0.05) is 91.0 Å². The van der Waals surface area contributed by atoms with E-state index in [0.717, 1.165) is 22.4 Å². The van der Waals surface area contributed by atoms with Gasteiger partial charge in [-0.15, -0.1) is 0 Å². The number of hydrogen-bond acceptors (Lipinski definition) is 5. The van der Waals surface area contributed by atoms with Crippen LogP contribution in [0, 0.1) is 5.92 Å². The summed E-state index contributed by atoms with van der Waals surface area (Å²) in [6.07, 6.45) is 2.18. The second-order valence-electron chi connectivity index (χ2n) is 8.77. The molecule has 5 rings (SSSR count). The van der Waals surface area contributed by atoms with Gasteiger partial charge in [0.1, 0.15) is 5.54 Å². The second kappa shape index (κ2) is 9.74. The van der Waals surface area contributed by atoms with Crippen LogP contribution in [0.3, 0.4) is 0 Å². The number of carbonyl (C=O) groups is 3. The molecule has 0 radical (unpaired) electrons. The average Bonchev–Trinajstić information content (AvgIpc) is 3.36. The number of ketones is 2. The van der Waals surface area contributed by atoms with Crippen LogP contribution in [0.4, 0.5) is 0 Å². The summed E-state index contributed by atoms with van der Waals surface area (Å²) < 4.78 is 6.79. The van der Waals surface area contributed by atoms with Crippen molar-refractivity contribution >= 4 is 17.5 Å². The van der Waals surface area contributed by atoms with Gasteiger partial charge >= 0.3 is 5.97 Å². The number of hydrogen-bond donors (Lipinski definition) is 0. The third-order valence-electron chi connectivity index (χ3n) is 6.81. The summed E-state index contributed by atoms with van der Waals surface area (Å²) >= 11 is 0. The van der Waals surface area contributed by atoms with Crippen LogP contribution in [0.1, 0.15) is 46.1 Å². The van der Waals surface area contributed by atoms with Gasteiger partial charge in [-0.2, -0.15) is 5.10 Å². The number of esters is 1. The highest BCUT2D eigenvalue weighted by atomic mass is 16.5. The van der Waals surface area contributed by atoms with Crippen molar-refractivity contribution in [3.8, 4) is 0 Å². The second-order valence-corrected chi connectivity index (χ2v) is 8.77. The summed E-state index contributed by atoms with van der Waals surface area (Å²) in [6.45, 7) is 1.72. The fourth-order valence-electron chi connectivity index (χ4n) is 5.21. The van der Waals surface area contributed by atoms with E-state index < -0.39 is 23.2 Å². The predicted molar refractivity (Wildman–Crippen MR) is 135 cm³/mol. The Morgan fingerprint density at radius 2 is 1.39 bits per heavy atom. The first-order chi connectivity index (χ1) is 17.6. The largest absolute Gasteiger partial charge is 0.460 e. The van der Waals surface area contributed by atoms with Gasteiger partial charge < -0.3 is 4.74 Å². The van der Waals surface area contributed by atoms with Gasteiger partial charge in [0.05, 0.1) is 30.0 Å². The molecular formula is C30H26N2O4. The fourth-order valence-corrected chi connectivity index (χ4v) is 5.21. The van der Waals surface area contributed by atoms with Crippen LogP contribution in [0.5, 0.6) is 0 Å². The molecule has 1 aromatic heterocycles. The van der Waals surface area contributed by atoms with Crippen LogP contribution in [-0.4, -0.2) is 33.9 Å². The fraction of sp³-hybridized carbons (Fsp3) is 0.200. The topological polar surface area (TPSA) is 78.3 Å². The maximum absolute atomic E-state index is 13.4. The van der Waals surface area contributed by atoms with Crippen LogP contribution in [0.15, 0.2) is 97.2 Å². The molecule has 1 aliphatic carbocycles. The number of nitrogens with zero attached hydrogens (tertiary/aromatic N) is 2. The lowest BCUT2D eigenvalue weighted by molar-refractivity contribution is -0.154. The summed E-state index contributed by atoms with van der Waals surface area (Å²) in [4.78, 5) is 38.2. The molecule has 0 N–H and O–H groups in total. The molecule has 0 saturated heterocycles. The molecule has 4 aromatic rings. The number of rotatable bonds is 7. The van der Waals surface area contributed by atoms with Crippen LogP contribution >= 0.6 is 0 Å². The average molecular weight is 479 g/mol. The van der Waals surface area contributed by atoms with Gasteiger partial charge in [-0.3, -0.25) is 9.59 Å². The Labute approximate surface area is 209 Å². The molecule has 1 heterocycles. The minimum Gasteiger partial charge on any atom is -0.460 e. The molecule has 1 aliphatic rings. The SMILES string of the molecule is CCOC(=O)C(=O)C1CCc2c(cnn2C(c2ccccc2)(c2ccccc2)c2ccccc2)C1=O. The Balaban J connectivity index is 1.72. The minimum atomic E-state index is -1.05. The van der Waals surface area contributed by atoms with Gasteiger partial charge in [-0.25, -0.2) is 9.48 Å². The van der Waals surface area contributed by atoms with Gasteiger partial charge in [0.15, 0.2) is 5.78 Å². The van der Waals surface area contributed by atoms with E-state index in [-0.39, 0.29) is 18.8 Å². The normalized spacial score (nSPS) is 15.2. The highest BCUT2D eigenvalue weighted by molar-refractivity contribution is 6.39. The Kier molecular flexibility index (Phi) is 6.34. The summed E-state index contributed by atoms with van der Waals surface area (Å²) in [5.41, 5.74) is 3.23. The molecule has 6 heteroatoms. The monoisotopic (exact) mass is 478 g/mol. The van der Waals surface area contributed by atoms with Crippen molar-refractivity contribution in [1.29, 1.82) is 0 Å². The van der Waals surface area contributed by atoms with E-state index in [4.69, 9.17) is 9.84 Å². The first-order valence-corrected chi connectivity index (χ1v) is 12.1. The smallest absolute Gasteiger partial charge is 0.375 e.